The predicted molar refractivity (Wildman–Crippen MR) is 107 cm³/mol. The smallest absolute Gasteiger partial charge is 0.248 e. The third kappa shape index (κ3) is 5.20. The number of amides is 1. The predicted octanol–water partition coefficient (Wildman–Crippen LogP) is 3.09. The second-order valence-corrected chi connectivity index (χ2v) is 7.70. The van der Waals surface area contributed by atoms with E-state index in [2.05, 4.69) is 26.6 Å². The molecule has 5 nitrogen and oxygen atoms in total. The zero-order chi connectivity index (χ0) is 18.5. The average Bonchev–Trinajstić information content (AvgIpc) is 2.56. The van der Waals surface area contributed by atoms with Gasteiger partial charge in [-0.2, -0.15) is 0 Å². The molecule has 0 aromatic heterocycles. The average molecular weight is 439 g/mol. The van der Waals surface area contributed by atoms with Crippen LogP contribution in [0.5, 0.6) is 5.75 Å². The van der Waals surface area contributed by atoms with E-state index < -0.39 is 5.91 Å². The van der Waals surface area contributed by atoms with Crippen LogP contribution < -0.4 is 21.1 Å². The van der Waals surface area contributed by atoms with Gasteiger partial charge in [0.2, 0.25) is 5.91 Å². The molecule has 1 aliphatic rings. The van der Waals surface area contributed by atoms with Crippen LogP contribution in [0.15, 0.2) is 40.9 Å². The normalized spacial score (nSPS) is 14.1. The van der Waals surface area contributed by atoms with Gasteiger partial charge in [0.1, 0.15) is 12.4 Å². The molecule has 4 N–H and O–H groups in total. The molecule has 0 saturated carbocycles. The van der Waals surface area contributed by atoms with Crippen molar-refractivity contribution in [2.45, 2.75) is 13.2 Å². The Morgan fingerprint density at radius 3 is 2.77 bits per heavy atom. The molecule has 0 aliphatic carbocycles. The number of carbonyl (C=O) groups excluding carboxylic acids is 1. The number of hydrogen-bond acceptors (Lipinski definition) is 4. The fraction of sp³-hybridized carbons (Fsp3) is 0.316. The number of nitrogens with one attached hydrogen (secondary N) is 2. The molecule has 138 valence electrons. The molecule has 3 rings (SSSR count). The van der Waals surface area contributed by atoms with Gasteiger partial charge in [0.15, 0.2) is 0 Å². The van der Waals surface area contributed by atoms with E-state index in [4.69, 9.17) is 22.1 Å². The Balaban J connectivity index is 1.67. The van der Waals surface area contributed by atoms with Crippen molar-refractivity contribution < 1.29 is 9.53 Å². The summed E-state index contributed by atoms with van der Waals surface area (Å²) < 4.78 is 6.77. The van der Waals surface area contributed by atoms with Crippen LogP contribution in [-0.4, -0.2) is 25.5 Å². The molecular formula is C19H21BrClN3O2. The van der Waals surface area contributed by atoms with Crippen LogP contribution >= 0.6 is 27.5 Å². The fourth-order valence-electron chi connectivity index (χ4n) is 2.70. The number of carbonyl (C=O) groups is 1. The largest absolute Gasteiger partial charge is 0.489 e. The van der Waals surface area contributed by atoms with E-state index >= 15 is 0 Å². The zero-order valence-electron chi connectivity index (χ0n) is 14.2. The Labute approximate surface area is 166 Å². The van der Waals surface area contributed by atoms with E-state index in [-0.39, 0.29) is 0 Å². The first-order valence-corrected chi connectivity index (χ1v) is 9.60. The lowest BCUT2D eigenvalue weighted by molar-refractivity contribution is 0.0999. The van der Waals surface area contributed by atoms with Gasteiger partial charge in [-0.3, -0.25) is 4.79 Å². The van der Waals surface area contributed by atoms with Crippen LogP contribution in [0.4, 0.5) is 0 Å². The molecular weight excluding hydrogens is 418 g/mol. The third-order valence-electron chi connectivity index (χ3n) is 4.29. The summed E-state index contributed by atoms with van der Waals surface area (Å²) >= 11 is 9.44. The summed E-state index contributed by atoms with van der Waals surface area (Å²) in [6, 6.07) is 11.0. The lowest BCUT2D eigenvalue weighted by Crippen LogP contribution is -2.47. The van der Waals surface area contributed by atoms with Gasteiger partial charge in [-0.15, -0.1) is 0 Å². The number of rotatable bonds is 8. The quantitative estimate of drug-likeness (QED) is 0.592. The minimum atomic E-state index is -0.465. The highest BCUT2D eigenvalue weighted by Gasteiger charge is 2.15. The van der Waals surface area contributed by atoms with Gasteiger partial charge in [0.05, 0.1) is 0 Å². The number of benzene rings is 2. The van der Waals surface area contributed by atoms with Gasteiger partial charge in [-0.05, 0) is 41.8 Å². The Morgan fingerprint density at radius 2 is 2.12 bits per heavy atom. The number of nitrogens with two attached hydrogens (primary N) is 1. The molecule has 0 atom stereocenters. The first kappa shape index (κ1) is 19.2. The van der Waals surface area contributed by atoms with E-state index in [0.717, 1.165) is 35.2 Å². The lowest BCUT2D eigenvalue weighted by Gasteiger charge is -2.27. The van der Waals surface area contributed by atoms with Crippen molar-refractivity contribution in [2.75, 3.05) is 19.6 Å². The first-order chi connectivity index (χ1) is 12.5. The van der Waals surface area contributed by atoms with Crippen molar-refractivity contribution in [3.8, 4) is 5.75 Å². The van der Waals surface area contributed by atoms with Gasteiger partial charge >= 0.3 is 0 Å². The summed E-state index contributed by atoms with van der Waals surface area (Å²) in [5.41, 5.74) is 7.85. The highest BCUT2D eigenvalue weighted by molar-refractivity contribution is 9.10. The maximum atomic E-state index is 11.6. The number of primary amides is 1. The summed E-state index contributed by atoms with van der Waals surface area (Å²) in [4.78, 5) is 11.6. The van der Waals surface area contributed by atoms with Crippen molar-refractivity contribution in [3.63, 3.8) is 0 Å². The molecule has 0 radical (unpaired) electrons. The first-order valence-electron chi connectivity index (χ1n) is 8.43. The van der Waals surface area contributed by atoms with Crippen molar-refractivity contribution in [1.82, 2.24) is 10.6 Å². The Hall–Kier alpha value is -1.60. The zero-order valence-corrected chi connectivity index (χ0v) is 16.6. The van der Waals surface area contributed by atoms with E-state index in [1.54, 1.807) is 12.1 Å². The van der Waals surface area contributed by atoms with Crippen LogP contribution in [0, 0.1) is 5.92 Å². The van der Waals surface area contributed by atoms with Gasteiger partial charge in [0.25, 0.3) is 0 Å². The Morgan fingerprint density at radius 1 is 1.31 bits per heavy atom. The highest BCUT2D eigenvalue weighted by Crippen LogP contribution is 2.24. The molecule has 1 amide bonds. The van der Waals surface area contributed by atoms with E-state index in [0.29, 0.717) is 35.4 Å². The number of ether oxygens (including phenoxy) is 1. The molecule has 2 aromatic carbocycles. The van der Waals surface area contributed by atoms with Crippen LogP contribution in [0.1, 0.15) is 21.5 Å². The maximum Gasteiger partial charge on any atom is 0.248 e. The second-order valence-electron chi connectivity index (χ2n) is 6.41. The van der Waals surface area contributed by atoms with Gasteiger partial charge in [-0.1, -0.05) is 33.6 Å². The topological polar surface area (TPSA) is 76.4 Å². The molecule has 1 fully saturated rings. The van der Waals surface area contributed by atoms with Crippen LogP contribution in [-0.2, 0) is 13.2 Å². The minimum absolute atomic E-state index is 0.362. The summed E-state index contributed by atoms with van der Waals surface area (Å²) in [6.07, 6.45) is 0. The van der Waals surface area contributed by atoms with Crippen LogP contribution in [0.2, 0.25) is 5.02 Å². The van der Waals surface area contributed by atoms with Crippen molar-refractivity contribution >= 4 is 33.4 Å². The van der Waals surface area contributed by atoms with Gasteiger partial charge in [0, 0.05) is 46.8 Å². The Bertz CT molecular complexity index is 796. The van der Waals surface area contributed by atoms with Crippen molar-refractivity contribution in [3.05, 3.63) is 62.6 Å². The van der Waals surface area contributed by atoms with E-state index in [1.807, 2.05) is 24.3 Å². The molecule has 1 aliphatic heterocycles. The van der Waals surface area contributed by atoms with Crippen LogP contribution in [0.3, 0.4) is 0 Å². The minimum Gasteiger partial charge on any atom is -0.489 e. The number of hydrogen-bond donors (Lipinski definition) is 3. The monoisotopic (exact) mass is 437 g/mol. The summed E-state index contributed by atoms with van der Waals surface area (Å²) in [7, 11) is 0. The second kappa shape index (κ2) is 8.86. The highest BCUT2D eigenvalue weighted by atomic mass is 79.9. The third-order valence-corrected chi connectivity index (χ3v) is 5.26. The SMILES string of the molecule is NC(=O)c1cc(CNCC2CNC2)cc(OCc2ccc(Cl)cc2Br)c1. The molecule has 26 heavy (non-hydrogen) atoms. The van der Waals surface area contributed by atoms with Crippen molar-refractivity contribution in [2.24, 2.45) is 11.7 Å². The summed E-state index contributed by atoms with van der Waals surface area (Å²) in [5.74, 6) is 0.824. The number of halogens is 2. The standard InChI is InChI=1S/C19H21BrClN3O2/c20-18-6-16(21)2-1-14(18)11-26-17-4-12(3-15(5-17)19(22)25)7-23-8-13-9-24-10-13/h1-6,13,23-24H,7-11H2,(H2,22,25). The van der Waals surface area contributed by atoms with Gasteiger partial charge < -0.3 is 21.1 Å². The maximum absolute atomic E-state index is 11.6. The van der Waals surface area contributed by atoms with Gasteiger partial charge in [-0.25, -0.2) is 0 Å². The summed E-state index contributed by atoms with van der Waals surface area (Å²) in [5, 5.41) is 7.33. The lowest BCUT2D eigenvalue weighted by atomic mass is 10.0. The van der Waals surface area contributed by atoms with E-state index in [9.17, 15) is 4.79 Å². The molecule has 0 spiro atoms. The van der Waals surface area contributed by atoms with Crippen molar-refractivity contribution in [1.29, 1.82) is 0 Å². The molecule has 7 heteroatoms. The van der Waals surface area contributed by atoms with Crippen LogP contribution in [0.25, 0.3) is 0 Å². The molecule has 0 bridgehead atoms. The molecule has 1 heterocycles. The summed E-state index contributed by atoms with van der Waals surface area (Å²) in [6.45, 7) is 4.08. The Kier molecular flexibility index (Phi) is 6.53. The van der Waals surface area contributed by atoms with E-state index in [1.165, 1.54) is 0 Å². The molecule has 1 saturated heterocycles. The molecule has 0 unspecified atom stereocenters. The fourth-order valence-corrected chi connectivity index (χ4v) is 3.50. The molecule has 2 aromatic rings.